The maximum absolute atomic E-state index is 5.96. The zero-order valence-corrected chi connectivity index (χ0v) is 15.4. The third-order valence-electron chi connectivity index (χ3n) is 5.02. The van der Waals surface area contributed by atoms with Gasteiger partial charge in [-0.15, -0.1) is 0 Å². The van der Waals surface area contributed by atoms with Crippen LogP contribution >= 0.6 is 11.6 Å². The number of rotatable bonds is 4. The van der Waals surface area contributed by atoms with Crippen LogP contribution in [0.2, 0.25) is 5.02 Å². The van der Waals surface area contributed by atoms with E-state index in [2.05, 4.69) is 9.88 Å². The van der Waals surface area contributed by atoms with Crippen molar-refractivity contribution >= 4 is 28.6 Å². The first kappa shape index (κ1) is 16.3. The van der Waals surface area contributed by atoms with Gasteiger partial charge < -0.3 is 4.90 Å². The summed E-state index contributed by atoms with van der Waals surface area (Å²) < 4.78 is 1.91. The molecule has 1 aliphatic carbocycles. The molecule has 0 bridgehead atoms. The molecule has 0 unspecified atom stereocenters. The quantitative estimate of drug-likeness (QED) is 0.699. The van der Waals surface area contributed by atoms with Crippen molar-refractivity contribution in [3.63, 3.8) is 0 Å². The van der Waals surface area contributed by atoms with Crippen molar-refractivity contribution in [1.82, 2.24) is 19.7 Å². The lowest BCUT2D eigenvalue weighted by atomic mass is 10.0. The Hall–Kier alpha value is -2.14. The molecular formula is C19H22ClN5. The van der Waals surface area contributed by atoms with E-state index in [1.54, 1.807) is 0 Å². The van der Waals surface area contributed by atoms with Crippen LogP contribution in [-0.2, 0) is 13.6 Å². The lowest BCUT2D eigenvalue weighted by Gasteiger charge is -2.17. The van der Waals surface area contributed by atoms with Gasteiger partial charge in [0.2, 0.25) is 5.95 Å². The maximum atomic E-state index is 5.96. The van der Waals surface area contributed by atoms with Crippen LogP contribution in [0.15, 0.2) is 30.5 Å². The summed E-state index contributed by atoms with van der Waals surface area (Å²) in [6, 6.07) is 7.89. The highest BCUT2D eigenvalue weighted by molar-refractivity contribution is 6.30. The van der Waals surface area contributed by atoms with E-state index in [1.165, 1.54) is 31.2 Å². The molecule has 6 heteroatoms. The van der Waals surface area contributed by atoms with Crippen LogP contribution in [0.5, 0.6) is 0 Å². The first-order valence-electron chi connectivity index (χ1n) is 8.77. The van der Waals surface area contributed by atoms with E-state index in [1.807, 2.05) is 49.2 Å². The number of nitrogens with zero attached hydrogens (tertiary/aromatic N) is 5. The van der Waals surface area contributed by atoms with Crippen molar-refractivity contribution in [2.75, 3.05) is 11.9 Å². The summed E-state index contributed by atoms with van der Waals surface area (Å²) in [7, 11) is 3.99. The molecule has 5 nitrogen and oxygen atoms in total. The van der Waals surface area contributed by atoms with Crippen LogP contribution in [0, 0.1) is 0 Å². The molecule has 0 amide bonds. The van der Waals surface area contributed by atoms with Gasteiger partial charge in [-0.25, -0.2) is 9.97 Å². The Morgan fingerprint density at radius 3 is 2.64 bits per heavy atom. The Kier molecular flexibility index (Phi) is 4.34. The molecule has 0 spiro atoms. The van der Waals surface area contributed by atoms with Crippen LogP contribution in [0.25, 0.3) is 11.0 Å². The molecule has 1 aliphatic rings. The number of aromatic nitrogens is 4. The van der Waals surface area contributed by atoms with Gasteiger partial charge in [0.15, 0.2) is 0 Å². The van der Waals surface area contributed by atoms with Gasteiger partial charge >= 0.3 is 0 Å². The molecule has 2 heterocycles. The molecule has 4 rings (SSSR count). The summed E-state index contributed by atoms with van der Waals surface area (Å²) in [6.07, 6.45) is 6.90. The van der Waals surface area contributed by atoms with Gasteiger partial charge in [0.25, 0.3) is 0 Å². The van der Waals surface area contributed by atoms with E-state index in [9.17, 15) is 0 Å². The van der Waals surface area contributed by atoms with Crippen molar-refractivity contribution in [2.45, 2.75) is 38.1 Å². The summed E-state index contributed by atoms with van der Waals surface area (Å²) in [6.45, 7) is 0.738. The second kappa shape index (κ2) is 6.64. The third kappa shape index (κ3) is 3.21. The molecule has 1 aromatic carbocycles. The second-order valence-electron chi connectivity index (χ2n) is 6.88. The first-order valence-corrected chi connectivity index (χ1v) is 9.15. The Morgan fingerprint density at radius 2 is 1.92 bits per heavy atom. The van der Waals surface area contributed by atoms with Gasteiger partial charge in [0.05, 0.1) is 11.9 Å². The Bertz CT molecular complexity index is 881. The van der Waals surface area contributed by atoms with Gasteiger partial charge in [-0.2, -0.15) is 5.10 Å². The second-order valence-corrected chi connectivity index (χ2v) is 7.31. The van der Waals surface area contributed by atoms with Gasteiger partial charge in [0.1, 0.15) is 11.0 Å². The number of halogens is 1. The van der Waals surface area contributed by atoms with E-state index in [0.29, 0.717) is 5.92 Å². The third-order valence-corrected chi connectivity index (χ3v) is 5.27. The number of anilines is 1. The highest BCUT2D eigenvalue weighted by Gasteiger charge is 2.24. The van der Waals surface area contributed by atoms with Crippen molar-refractivity contribution in [3.05, 3.63) is 46.7 Å². The molecule has 0 saturated heterocycles. The standard InChI is InChI=1S/C19H22ClN5/c1-24(12-13-7-9-15(20)10-8-13)19-21-11-16-18(22-19)17(23-25(16)2)14-5-3-4-6-14/h7-11,14H,3-6,12H2,1-2H3. The van der Waals surface area contributed by atoms with E-state index in [-0.39, 0.29) is 0 Å². The largest absolute Gasteiger partial charge is 0.340 e. The molecule has 1 fully saturated rings. The summed E-state index contributed by atoms with van der Waals surface area (Å²) in [5.74, 6) is 1.27. The predicted molar refractivity (Wildman–Crippen MR) is 101 cm³/mol. The molecule has 25 heavy (non-hydrogen) atoms. The maximum Gasteiger partial charge on any atom is 0.226 e. The lowest BCUT2D eigenvalue weighted by molar-refractivity contribution is 0.665. The van der Waals surface area contributed by atoms with Gasteiger partial charge in [-0.1, -0.05) is 36.6 Å². The Labute approximate surface area is 152 Å². The minimum atomic E-state index is 0.535. The van der Waals surface area contributed by atoms with Gasteiger partial charge in [-0.3, -0.25) is 4.68 Å². The van der Waals surface area contributed by atoms with Crippen molar-refractivity contribution < 1.29 is 0 Å². The summed E-state index contributed by atoms with van der Waals surface area (Å²) in [5.41, 5.74) is 4.32. The zero-order chi connectivity index (χ0) is 17.4. The minimum Gasteiger partial charge on any atom is -0.340 e. The lowest BCUT2D eigenvalue weighted by Crippen LogP contribution is -2.19. The van der Waals surface area contributed by atoms with E-state index < -0.39 is 0 Å². The molecule has 0 atom stereocenters. The molecule has 3 aromatic rings. The molecule has 2 aromatic heterocycles. The summed E-state index contributed by atoms with van der Waals surface area (Å²) in [5, 5.41) is 5.50. The van der Waals surface area contributed by atoms with Crippen LogP contribution < -0.4 is 4.90 Å². The topological polar surface area (TPSA) is 46.8 Å². The van der Waals surface area contributed by atoms with Crippen molar-refractivity contribution in [1.29, 1.82) is 0 Å². The Balaban J connectivity index is 1.65. The van der Waals surface area contributed by atoms with Crippen LogP contribution in [-0.4, -0.2) is 26.8 Å². The summed E-state index contributed by atoms with van der Waals surface area (Å²) in [4.78, 5) is 11.5. The molecule has 0 radical (unpaired) electrons. The first-order chi connectivity index (χ1) is 12.1. The van der Waals surface area contributed by atoms with Crippen LogP contribution in [0.3, 0.4) is 0 Å². The molecule has 0 N–H and O–H groups in total. The van der Waals surface area contributed by atoms with E-state index >= 15 is 0 Å². The molecular weight excluding hydrogens is 334 g/mol. The van der Waals surface area contributed by atoms with Crippen LogP contribution in [0.4, 0.5) is 5.95 Å². The zero-order valence-electron chi connectivity index (χ0n) is 14.6. The smallest absolute Gasteiger partial charge is 0.226 e. The number of benzene rings is 1. The Morgan fingerprint density at radius 1 is 1.20 bits per heavy atom. The number of aryl methyl sites for hydroxylation is 1. The summed E-state index contributed by atoms with van der Waals surface area (Å²) >= 11 is 5.96. The molecule has 0 aliphatic heterocycles. The number of hydrogen-bond acceptors (Lipinski definition) is 4. The van der Waals surface area contributed by atoms with Crippen LogP contribution in [0.1, 0.15) is 42.9 Å². The SMILES string of the molecule is CN(Cc1ccc(Cl)cc1)c1ncc2c(n1)c(C1CCCC1)nn2C. The van der Waals surface area contributed by atoms with E-state index in [0.717, 1.165) is 34.2 Å². The average Bonchev–Trinajstić information content (AvgIpc) is 3.25. The van der Waals surface area contributed by atoms with Gasteiger partial charge in [-0.05, 0) is 30.5 Å². The molecule has 130 valence electrons. The fourth-order valence-electron chi connectivity index (χ4n) is 3.65. The normalized spacial score (nSPS) is 15.2. The fraction of sp³-hybridized carbons (Fsp3) is 0.421. The highest BCUT2D eigenvalue weighted by atomic mass is 35.5. The number of fused-ring (bicyclic) bond motifs is 1. The monoisotopic (exact) mass is 355 g/mol. The fourth-order valence-corrected chi connectivity index (χ4v) is 3.77. The highest BCUT2D eigenvalue weighted by Crippen LogP contribution is 2.36. The van der Waals surface area contributed by atoms with Gasteiger partial charge in [0, 0.05) is 31.6 Å². The minimum absolute atomic E-state index is 0.535. The van der Waals surface area contributed by atoms with Crippen molar-refractivity contribution in [3.8, 4) is 0 Å². The number of hydrogen-bond donors (Lipinski definition) is 0. The van der Waals surface area contributed by atoms with E-state index in [4.69, 9.17) is 21.7 Å². The van der Waals surface area contributed by atoms with Crippen molar-refractivity contribution in [2.24, 2.45) is 7.05 Å². The predicted octanol–water partition coefficient (Wildman–Crippen LogP) is 4.31. The molecule has 1 saturated carbocycles. The average molecular weight is 356 g/mol.